The Morgan fingerprint density at radius 2 is 1.44 bits per heavy atom. The lowest BCUT2D eigenvalue weighted by molar-refractivity contribution is -0.0195. The van der Waals surface area contributed by atoms with Gasteiger partial charge in [0, 0.05) is 10.6 Å². The third kappa shape index (κ3) is 6.73. The molecule has 5 heteroatoms. The molecule has 0 amide bonds. The first-order chi connectivity index (χ1) is 16.4. The Balaban J connectivity index is 1.69. The first kappa shape index (κ1) is 26.0. The van der Waals surface area contributed by atoms with Crippen LogP contribution in [0.1, 0.15) is 49.7 Å². The molecule has 0 spiro atoms. The molecule has 0 heterocycles. The molecule has 0 bridgehead atoms. The van der Waals surface area contributed by atoms with Crippen LogP contribution < -0.4 is 4.74 Å². The van der Waals surface area contributed by atoms with Crippen LogP contribution in [0.3, 0.4) is 0 Å². The van der Waals surface area contributed by atoms with Crippen molar-refractivity contribution in [3.05, 3.63) is 111 Å². The Hall–Kier alpha value is -2.59. The van der Waals surface area contributed by atoms with Crippen molar-refractivity contribution in [1.29, 1.82) is 0 Å². The van der Waals surface area contributed by atoms with E-state index in [2.05, 4.69) is 6.08 Å². The molecule has 0 radical (unpaired) electrons. The molecule has 34 heavy (non-hydrogen) atoms. The molecule has 3 rings (SSSR count). The Kier molecular flexibility index (Phi) is 9.76. The molecular weight excluding hydrogens is 470 g/mol. The second-order valence-corrected chi connectivity index (χ2v) is 8.74. The topological polar surface area (TPSA) is 29.5 Å². The number of ether oxygens (including phenoxy) is 1. The molecule has 0 aliphatic heterocycles. The SMILES string of the molecule is C/C=C/CCc1ccc(-c2ccc(OC(O)c3ccc(CC/C=C/C)c(F)c3Cl)cc2)cc1Cl. The van der Waals surface area contributed by atoms with Crippen molar-refractivity contribution >= 4 is 23.2 Å². The van der Waals surface area contributed by atoms with E-state index in [0.717, 1.165) is 41.0 Å². The van der Waals surface area contributed by atoms with Gasteiger partial charge in [-0.15, -0.1) is 0 Å². The van der Waals surface area contributed by atoms with E-state index >= 15 is 0 Å². The van der Waals surface area contributed by atoms with E-state index in [9.17, 15) is 9.50 Å². The monoisotopic (exact) mass is 498 g/mol. The summed E-state index contributed by atoms with van der Waals surface area (Å²) >= 11 is 12.7. The maximum atomic E-state index is 14.6. The van der Waals surface area contributed by atoms with Crippen molar-refractivity contribution in [2.75, 3.05) is 0 Å². The highest BCUT2D eigenvalue weighted by atomic mass is 35.5. The highest BCUT2D eigenvalue weighted by Gasteiger charge is 2.19. The highest BCUT2D eigenvalue weighted by molar-refractivity contribution is 6.32. The molecule has 1 unspecified atom stereocenters. The molecule has 3 aromatic carbocycles. The number of hydrogen-bond donors (Lipinski definition) is 1. The Labute approximate surface area is 211 Å². The number of allylic oxidation sites excluding steroid dienone is 4. The van der Waals surface area contributed by atoms with Crippen LogP contribution in [0, 0.1) is 5.82 Å². The van der Waals surface area contributed by atoms with Crippen molar-refractivity contribution < 1.29 is 14.2 Å². The maximum Gasteiger partial charge on any atom is 0.225 e. The summed E-state index contributed by atoms with van der Waals surface area (Å²) in [6.45, 7) is 3.93. The van der Waals surface area contributed by atoms with Gasteiger partial charge in [0.15, 0.2) is 0 Å². The van der Waals surface area contributed by atoms with Crippen LogP contribution in [0.2, 0.25) is 10.0 Å². The van der Waals surface area contributed by atoms with Crippen LogP contribution >= 0.6 is 23.2 Å². The van der Waals surface area contributed by atoms with E-state index in [-0.39, 0.29) is 10.6 Å². The molecule has 0 aliphatic carbocycles. The molecule has 1 atom stereocenters. The molecule has 3 aromatic rings. The zero-order valence-corrected chi connectivity index (χ0v) is 20.9. The quantitative estimate of drug-likeness (QED) is 0.223. The summed E-state index contributed by atoms with van der Waals surface area (Å²) in [6.07, 6.45) is 9.78. The zero-order chi connectivity index (χ0) is 24.5. The van der Waals surface area contributed by atoms with Gasteiger partial charge in [0.1, 0.15) is 11.6 Å². The van der Waals surface area contributed by atoms with Crippen LogP contribution in [-0.2, 0) is 12.8 Å². The van der Waals surface area contributed by atoms with Gasteiger partial charge in [-0.1, -0.05) is 83.9 Å². The predicted octanol–water partition coefficient (Wildman–Crippen LogP) is 8.89. The standard InChI is InChI=1S/C29H29Cl2FO2/c1-3-5-7-9-21-11-12-23(19-26(21)30)20-13-16-24(17-14-20)34-29(33)25-18-15-22(10-8-6-4-2)28(32)27(25)31/h3-6,11-19,29,33H,7-10H2,1-2H3/b5-3+,6-4+. The normalized spacial score (nSPS) is 12.5. The molecule has 0 saturated carbocycles. The van der Waals surface area contributed by atoms with Gasteiger partial charge in [-0.25, -0.2) is 4.39 Å². The van der Waals surface area contributed by atoms with Crippen LogP contribution in [-0.4, -0.2) is 5.11 Å². The molecular formula is C29H29Cl2FO2. The summed E-state index contributed by atoms with van der Waals surface area (Å²) in [5.74, 6) is -0.0772. The van der Waals surface area contributed by atoms with E-state index in [1.165, 1.54) is 0 Å². The fourth-order valence-electron chi connectivity index (χ4n) is 3.65. The Bertz CT molecular complexity index is 1150. The minimum Gasteiger partial charge on any atom is -0.461 e. The minimum absolute atomic E-state index is 0.119. The lowest BCUT2D eigenvalue weighted by Gasteiger charge is -2.17. The van der Waals surface area contributed by atoms with Crippen molar-refractivity contribution in [1.82, 2.24) is 0 Å². The maximum absolute atomic E-state index is 14.6. The summed E-state index contributed by atoms with van der Waals surface area (Å²) < 4.78 is 20.3. The van der Waals surface area contributed by atoms with Crippen molar-refractivity contribution in [3.8, 4) is 16.9 Å². The lowest BCUT2D eigenvalue weighted by Crippen LogP contribution is -2.08. The van der Waals surface area contributed by atoms with Crippen LogP contribution in [0.25, 0.3) is 11.1 Å². The molecule has 0 aliphatic rings. The number of halogens is 3. The third-order valence-electron chi connectivity index (χ3n) is 5.58. The van der Waals surface area contributed by atoms with Gasteiger partial charge < -0.3 is 9.84 Å². The Morgan fingerprint density at radius 3 is 2.06 bits per heavy atom. The highest BCUT2D eigenvalue weighted by Crippen LogP contribution is 2.32. The number of aryl methyl sites for hydroxylation is 2. The second-order valence-electron chi connectivity index (χ2n) is 7.96. The molecule has 178 valence electrons. The fraction of sp³-hybridized carbons (Fsp3) is 0.241. The van der Waals surface area contributed by atoms with Crippen LogP contribution in [0.4, 0.5) is 4.39 Å². The van der Waals surface area contributed by atoms with Gasteiger partial charge in [0.2, 0.25) is 6.29 Å². The van der Waals surface area contributed by atoms with E-state index in [1.807, 2.05) is 62.4 Å². The van der Waals surface area contributed by atoms with Gasteiger partial charge in [0.05, 0.1) is 5.02 Å². The van der Waals surface area contributed by atoms with Crippen molar-refractivity contribution in [2.45, 2.75) is 45.8 Å². The summed E-state index contributed by atoms with van der Waals surface area (Å²) in [7, 11) is 0. The summed E-state index contributed by atoms with van der Waals surface area (Å²) in [6, 6.07) is 16.6. The molecule has 1 N–H and O–H groups in total. The zero-order valence-electron chi connectivity index (χ0n) is 19.4. The van der Waals surface area contributed by atoms with Gasteiger partial charge in [0.25, 0.3) is 0 Å². The number of hydrogen-bond acceptors (Lipinski definition) is 2. The number of benzene rings is 3. The minimum atomic E-state index is -1.39. The second kappa shape index (κ2) is 12.8. The molecule has 2 nitrogen and oxygen atoms in total. The van der Waals surface area contributed by atoms with Crippen LogP contribution in [0.15, 0.2) is 78.9 Å². The van der Waals surface area contributed by atoms with Gasteiger partial charge in [-0.05, 0) is 80.0 Å². The first-order valence-corrected chi connectivity index (χ1v) is 12.1. The summed E-state index contributed by atoms with van der Waals surface area (Å²) in [5.41, 5.74) is 3.78. The average molecular weight is 499 g/mol. The van der Waals surface area contributed by atoms with Gasteiger partial charge in [-0.2, -0.15) is 0 Å². The summed E-state index contributed by atoms with van der Waals surface area (Å²) in [5, 5.41) is 11.1. The third-order valence-corrected chi connectivity index (χ3v) is 6.31. The largest absolute Gasteiger partial charge is 0.461 e. The summed E-state index contributed by atoms with van der Waals surface area (Å²) in [4.78, 5) is 0. The first-order valence-electron chi connectivity index (χ1n) is 11.4. The number of aliphatic hydroxyl groups excluding tert-OH is 1. The van der Waals surface area contributed by atoms with E-state index in [1.54, 1.807) is 24.3 Å². The van der Waals surface area contributed by atoms with Gasteiger partial charge in [-0.3, -0.25) is 0 Å². The lowest BCUT2D eigenvalue weighted by atomic mass is 10.0. The number of aliphatic hydroxyl groups is 1. The average Bonchev–Trinajstić information content (AvgIpc) is 2.83. The predicted molar refractivity (Wildman–Crippen MR) is 140 cm³/mol. The smallest absolute Gasteiger partial charge is 0.225 e. The number of rotatable bonds is 10. The van der Waals surface area contributed by atoms with E-state index < -0.39 is 12.1 Å². The van der Waals surface area contributed by atoms with Crippen molar-refractivity contribution in [2.24, 2.45) is 0 Å². The van der Waals surface area contributed by atoms with Crippen LogP contribution in [0.5, 0.6) is 5.75 Å². The van der Waals surface area contributed by atoms with Gasteiger partial charge >= 0.3 is 0 Å². The molecule has 0 saturated heterocycles. The van der Waals surface area contributed by atoms with Crippen molar-refractivity contribution in [3.63, 3.8) is 0 Å². The van der Waals surface area contributed by atoms with E-state index in [0.29, 0.717) is 17.7 Å². The van der Waals surface area contributed by atoms with E-state index in [4.69, 9.17) is 27.9 Å². The molecule has 0 fully saturated rings. The molecule has 0 aromatic heterocycles. The fourth-order valence-corrected chi connectivity index (χ4v) is 4.20. The Morgan fingerprint density at radius 1 is 0.853 bits per heavy atom.